The van der Waals surface area contributed by atoms with Gasteiger partial charge in [-0.25, -0.2) is 10.9 Å². The number of carbonyl (C=O) groups is 1. The fourth-order valence-corrected chi connectivity index (χ4v) is 10.2. The third kappa shape index (κ3) is 4.09. The van der Waals surface area contributed by atoms with Crippen molar-refractivity contribution < 1.29 is 9.53 Å². The summed E-state index contributed by atoms with van der Waals surface area (Å²) in [5, 5.41) is 0. The van der Waals surface area contributed by atoms with E-state index in [1.165, 1.54) is 70.9 Å². The van der Waals surface area contributed by atoms with E-state index in [2.05, 4.69) is 38.8 Å². The molecule has 9 aliphatic rings. The Morgan fingerprint density at radius 1 is 1.00 bits per heavy atom. The SMILES string of the molecule is CN1CNNC1CC1(C2CCCC(N3CC4C(CC(C5=CN6CCC5CC6)CC4C4CC4)C3=O)C2)COC1. The number of hydrogen-bond acceptors (Lipinski definition) is 6. The molecule has 2 N–H and O–H groups in total. The Balaban J connectivity index is 0.992. The van der Waals surface area contributed by atoms with Crippen LogP contribution < -0.4 is 10.9 Å². The number of hydrazine groups is 1. The highest BCUT2D eigenvalue weighted by molar-refractivity contribution is 5.82. The first-order valence-corrected chi connectivity index (χ1v) is 16.1. The molecule has 6 aliphatic heterocycles. The summed E-state index contributed by atoms with van der Waals surface area (Å²) in [6, 6.07) is 0.450. The summed E-state index contributed by atoms with van der Waals surface area (Å²) >= 11 is 0. The predicted molar refractivity (Wildman–Crippen MR) is 146 cm³/mol. The molecule has 6 heterocycles. The quantitative estimate of drug-likeness (QED) is 0.557. The maximum Gasteiger partial charge on any atom is 0.226 e. The number of allylic oxidation sites excluding steroid dienone is 1. The van der Waals surface area contributed by atoms with Crippen molar-refractivity contribution in [3.8, 4) is 0 Å². The molecule has 210 valence electrons. The van der Waals surface area contributed by atoms with Crippen molar-refractivity contribution in [1.82, 2.24) is 25.6 Å². The number of amides is 1. The maximum atomic E-state index is 14.2. The molecule has 7 fully saturated rings. The number of ether oxygens (including phenoxy) is 1. The molecule has 7 nitrogen and oxygen atoms in total. The van der Waals surface area contributed by atoms with E-state index in [1.54, 1.807) is 5.57 Å². The number of nitrogens with one attached hydrogen (secondary N) is 2. The molecular weight excluding hydrogens is 474 g/mol. The first-order chi connectivity index (χ1) is 18.6. The predicted octanol–water partition coefficient (Wildman–Crippen LogP) is 3.40. The Morgan fingerprint density at radius 3 is 2.50 bits per heavy atom. The second kappa shape index (κ2) is 9.46. The van der Waals surface area contributed by atoms with Crippen molar-refractivity contribution in [3.05, 3.63) is 11.8 Å². The molecule has 1 amide bonds. The van der Waals surface area contributed by atoms with Crippen LogP contribution in [-0.2, 0) is 9.53 Å². The van der Waals surface area contributed by atoms with Crippen LogP contribution in [0.5, 0.6) is 0 Å². The van der Waals surface area contributed by atoms with E-state index in [4.69, 9.17) is 4.74 Å². The lowest BCUT2D eigenvalue weighted by Gasteiger charge is -2.52. The molecule has 0 spiro atoms. The molecule has 0 aromatic rings. The maximum absolute atomic E-state index is 14.2. The van der Waals surface area contributed by atoms with E-state index in [9.17, 15) is 4.79 Å². The molecule has 3 aliphatic carbocycles. The van der Waals surface area contributed by atoms with E-state index in [0.717, 1.165) is 57.0 Å². The molecule has 7 unspecified atom stereocenters. The highest BCUT2D eigenvalue weighted by Crippen LogP contribution is 2.56. The molecule has 38 heavy (non-hydrogen) atoms. The number of rotatable bonds is 6. The van der Waals surface area contributed by atoms with Crippen LogP contribution in [0.25, 0.3) is 0 Å². The third-order valence-corrected chi connectivity index (χ3v) is 12.7. The zero-order valence-electron chi connectivity index (χ0n) is 23.5. The Hall–Kier alpha value is -1.15. The van der Waals surface area contributed by atoms with Gasteiger partial charge >= 0.3 is 0 Å². The van der Waals surface area contributed by atoms with Gasteiger partial charge in [0.2, 0.25) is 5.91 Å². The number of carbonyl (C=O) groups excluding carboxylic acids is 1. The number of fused-ring (bicyclic) bond motifs is 3. The molecule has 0 aromatic heterocycles. The van der Waals surface area contributed by atoms with Gasteiger partial charge in [0.05, 0.1) is 26.0 Å². The molecule has 2 bridgehead atoms. The topological polar surface area (TPSA) is 60.1 Å². The molecule has 9 rings (SSSR count). The summed E-state index contributed by atoms with van der Waals surface area (Å²) in [4.78, 5) is 21.6. The normalized spacial score (nSPS) is 43.3. The van der Waals surface area contributed by atoms with Gasteiger partial charge in [0.1, 0.15) is 0 Å². The van der Waals surface area contributed by atoms with Crippen LogP contribution in [0.3, 0.4) is 0 Å². The summed E-state index contributed by atoms with van der Waals surface area (Å²) in [6.45, 7) is 6.26. The minimum absolute atomic E-state index is 0.274. The average molecular weight is 524 g/mol. The van der Waals surface area contributed by atoms with E-state index >= 15 is 0 Å². The van der Waals surface area contributed by atoms with Crippen molar-refractivity contribution in [2.24, 2.45) is 46.8 Å². The lowest BCUT2D eigenvalue weighted by molar-refractivity contribution is -0.169. The number of likely N-dealkylation sites (tertiary alicyclic amines) is 1. The molecule has 0 aromatic carbocycles. The van der Waals surface area contributed by atoms with Gasteiger partial charge in [0.25, 0.3) is 0 Å². The highest BCUT2D eigenvalue weighted by atomic mass is 16.5. The monoisotopic (exact) mass is 523 g/mol. The van der Waals surface area contributed by atoms with Crippen LogP contribution in [0.1, 0.15) is 70.6 Å². The van der Waals surface area contributed by atoms with Crippen molar-refractivity contribution in [1.29, 1.82) is 0 Å². The van der Waals surface area contributed by atoms with Crippen molar-refractivity contribution in [2.75, 3.05) is 46.6 Å². The number of hydrogen-bond donors (Lipinski definition) is 2. The Morgan fingerprint density at radius 2 is 1.84 bits per heavy atom. The summed E-state index contributed by atoms with van der Waals surface area (Å²) in [5.41, 5.74) is 8.81. The van der Waals surface area contributed by atoms with E-state index < -0.39 is 0 Å². The molecule has 3 saturated carbocycles. The summed E-state index contributed by atoms with van der Waals surface area (Å²) in [6.07, 6.45) is 17.1. The van der Waals surface area contributed by atoms with Crippen LogP contribution >= 0.6 is 0 Å². The fraction of sp³-hybridized carbons (Fsp3) is 0.903. The van der Waals surface area contributed by atoms with Crippen LogP contribution in [0, 0.1) is 46.8 Å². The third-order valence-electron chi connectivity index (χ3n) is 12.7. The smallest absolute Gasteiger partial charge is 0.226 e. The van der Waals surface area contributed by atoms with E-state index in [-0.39, 0.29) is 5.41 Å². The highest BCUT2D eigenvalue weighted by Gasteiger charge is 2.56. The van der Waals surface area contributed by atoms with Gasteiger partial charge in [-0.3, -0.25) is 9.69 Å². The first-order valence-electron chi connectivity index (χ1n) is 16.1. The van der Waals surface area contributed by atoms with Gasteiger partial charge < -0.3 is 14.5 Å². The van der Waals surface area contributed by atoms with E-state index in [0.29, 0.717) is 41.8 Å². The molecule has 0 radical (unpaired) electrons. The first kappa shape index (κ1) is 24.6. The van der Waals surface area contributed by atoms with Crippen molar-refractivity contribution in [3.63, 3.8) is 0 Å². The summed E-state index contributed by atoms with van der Waals surface area (Å²) in [5.74, 6) is 5.28. The van der Waals surface area contributed by atoms with E-state index in [1.807, 2.05) is 0 Å². The van der Waals surface area contributed by atoms with Gasteiger partial charge in [-0.15, -0.1) is 0 Å². The summed E-state index contributed by atoms with van der Waals surface area (Å²) < 4.78 is 5.88. The van der Waals surface area contributed by atoms with Crippen LogP contribution in [0.15, 0.2) is 11.8 Å². The molecular formula is C31H49N5O2. The van der Waals surface area contributed by atoms with Gasteiger partial charge in [-0.2, -0.15) is 0 Å². The lowest BCUT2D eigenvalue weighted by Crippen LogP contribution is -2.56. The summed E-state index contributed by atoms with van der Waals surface area (Å²) in [7, 11) is 2.20. The number of piperidine rings is 1. The zero-order valence-corrected chi connectivity index (χ0v) is 23.5. The largest absolute Gasteiger partial charge is 0.380 e. The average Bonchev–Trinajstić information content (AvgIpc) is 3.62. The molecule has 7 atom stereocenters. The van der Waals surface area contributed by atoms with Crippen LogP contribution in [0.2, 0.25) is 0 Å². The second-order valence-corrected chi connectivity index (χ2v) is 14.7. The molecule has 7 heteroatoms. The Bertz CT molecular complexity index is 954. The van der Waals surface area contributed by atoms with Crippen molar-refractivity contribution >= 4 is 5.91 Å². The van der Waals surface area contributed by atoms with Crippen LogP contribution in [0.4, 0.5) is 0 Å². The molecule has 4 saturated heterocycles. The van der Waals surface area contributed by atoms with Gasteiger partial charge in [0.15, 0.2) is 0 Å². The number of nitrogens with zero attached hydrogens (tertiary/aromatic N) is 3. The minimum atomic E-state index is 0.274. The Kier molecular flexibility index (Phi) is 6.13. The van der Waals surface area contributed by atoms with Crippen molar-refractivity contribution in [2.45, 2.75) is 82.8 Å². The van der Waals surface area contributed by atoms with Gasteiger partial charge in [-0.05, 0) is 119 Å². The van der Waals surface area contributed by atoms with Gasteiger partial charge in [0, 0.05) is 37.0 Å². The van der Waals surface area contributed by atoms with Crippen LogP contribution in [-0.4, -0.2) is 79.4 Å². The lowest BCUT2D eigenvalue weighted by atomic mass is 9.63. The Labute approximate surface area is 229 Å². The zero-order chi connectivity index (χ0) is 25.4. The second-order valence-electron chi connectivity index (χ2n) is 14.7. The standard InChI is InChI=1S/C31H49N5O2/c1-34-19-32-33-29(34)14-31(17-38-18-31)23-3-2-4-24(13-23)36-16-28-25(20-5-6-20)11-22(12-26(28)30(36)37)27-15-35-9-7-21(27)8-10-35/h15,20-26,28-29,32-33H,2-14,16-19H2,1H3. The van der Waals surface area contributed by atoms with Gasteiger partial charge in [-0.1, -0.05) is 6.42 Å². The fourth-order valence-electron chi connectivity index (χ4n) is 10.2. The minimum Gasteiger partial charge on any atom is -0.380 e.